The molecule has 2 amide bonds. The number of hydrogen-bond donors (Lipinski definition) is 5. The summed E-state index contributed by atoms with van der Waals surface area (Å²) in [7, 11) is 0. The lowest BCUT2D eigenvalue weighted by atomic mass is 10.1. The van der Waals surface area contributed by atoms with Crippen molar-refractivity contribution in [2.24, 2.45) is 0 Å². The summed E-state index contributed by atoms with van der Waals surface area (Å²) in [5.74, 6) is -2.48. The molecule has 0 aromatic heterocycles. The average molecular weight is 337 g/mol. The molecule has 0 aliphatic heterocycles. The van der Waals surface area contributed by atoms with Gasteiger partial charge >= 0.3 is 0 Å². The van der Waals surface area contributed by atoms with Crippen LogP contribution >= 0.6 is 0 Å². The number of amides is 2. The fraction of sp³-hybridized carbons (Fsp3) is 0.214. The second-order valence-electron chi connectivity index (χ2n) is 4.63. The molecule has 1 atom stereocenters. The average Bonchev–Trinajstić information content (AvgIpc) is 2.59. The maximum atomic E-state index is 12.0. The van der Waals surface area contributed by atoms with Crippen molar-refractivity contribution in [3.8, 4) is 5.75 Å². The number of carbonyl (C=O) groups excluding carboxylic acids is 5. The molecule has 6 N–H and O–H groups in total. The number of nitrogens with one attached hydrogen (secondary N) is 2. The standard InChI is InChI=1S/C14H15N3O7/c15-11-2-7(13(23)16-8(3-18)4-19)1-10(12(11)22)14(24)17-9(5-20)6-21/h1-3,5-6,8-9,19,22H,4,15H2,(H,16,23)(H,17,24). The number of hydrogen-bond acceptors (Lipinski definition) is 8. The van der Waals surface area contributed by atoms with Crippen LogP contribution in [0, 0.1) is 0 Å². The third-order valence-electron chi connectivity index (χ3n) is 2.91. The molecular formula is C14H15N3O7. The van der Waals surface area contributed by atoms with E-state index in [1.54, 1.807) is 0 Å². The Bertz CT molecular complexity index is 667. The number of phenols is 1. The topological polar surface area (TPSA) is 176 Å². The maximum absolute atomic E-state index is 12.0. The van der Waals surface area contributed by atoms with Crippen LogP contribution in [-0.4, -0.2) is 59.6 Å². The van der Waals surface area contributed by atoms with Gasteiger partial charge in [0.05, 0.1) is 17.9 Å². The first-order chi connectivity index (χ1) is 11.4. The van der Waals surface area contributed by atoms with Gasteiger partial charge in [-0.1, -0.05) is 0 Å². The summed E-state index contributed by atoms with van der Waals surface area (Å²) >= 11 is 0. The fourth-order valence-corrected chi connectivity index (χ4v) is 1.66. The molecule has 0 heterocycles. The number of rotatable bonds is 8. The van der Waals surface area contributed by atoms with Crippen molar-refractivity contribution < 1.29 is 34.2 Å². The highest BCUT2D eigenvalue weighted by Crippen LogP contribution is 2.27. The molecule has 0 aliphatic rings. The molecule has 10 heteroatoms. The highest BCUT2D eigenvalue weighted by molar-refractivity contribution is 6.05. The summed E-state index contributed by atoms with van der Waals surface area (Å²) in [6.45, 7) is -0.628. The second-order valence-corrected chi connectivity index (χ2v) is 4.63. The Balaban J connectivity index is 3.14. The van der Waals surface area contributed by atoms with E-state index in [1.165, 1.54) is 0 Å². The molecule has 10 nitrogen and oxygen atoms in total. The maximum Gasteiger partial charge on any atom is 0.256 e. The molecule has 0 saturated carbocycles. The van der Waals surface area contributed by atoms with Crippen LogP contribution in [0.5, 0.6) is 5.75 Å². The summed E-state index contributed by atoms with van der Waals surface area (Å²) in [5.41, 5.74) is 4.59. The molecule has 0 spiro atoms. The van der Waals surface area contributed by atoms with E-state index < -0.39 is 41.8 Å². The Morgan fingerprint density at radius 1 is 1.08 bits per heavy atom. The fourth-order valence-electron chi connectivity index (χ4n) is 1.66. The number of nitrogen functional groups attached to an aromatic ring is 1. The first-order valence-electron chi connectivity index (χ1n) is 6.58. The first kappa shape index (κ1) is 18.8. The number of phenolic OH excluding ortho intramolecular Hbond substituents is 1. The smallest absolute Gasteiger partial charge is 0.256 e. The Morgan fingerprint density at radius 2 is 1.71 bits per heavy atom. The van der Waals surface area contributed by atoms with Crippen LogP contribution in [-0.2, 0) is 14.4 Å². The Kier molecular flexibility index (Phi) is 6.56. The van der Waals surface area contributed by atoms with Gasteiger partial charge in [-0.25, -0.2) is 0 Å². The zero-order chi connectivity index (χ0) is 18.3. The number of aliphatic hydroxyl groups excluding tert-OH is 1. The first-order valence-corrected chi connectivity index (χ1v) is 6.58. The van der Waals surface area contributed by atoms with Gasteiger partial charge < -0.3 is 41.0 Å². The number of nitrogens with two attached hydrogens (primary N) is 1. The van der Waals surface area contributed by atoms with Gasteiger partial charge in [-0.2, -0.15) is 0 Å². The number of anilines is 1. The largest absolute Gasteiger partial charge is 0.505 e. The van der Waals surface area contributed by atoms with Crippen LogP contribution in [0.15, 0.2) is 12.1 Å². The highest BCUT2D eigenvalue weighted by atomic mass is 16.3. The van der Waals surface area contributed by atoms with E-state index in [2.05, 4.69) is 5.32 Å². The SMILES string of the molecule is Nc1cc(C(=O)NC(C=O)CO)cc(C(=O)NC(C=O)C=O)c1O. The Labute approximate surface area is 135 Å². The summed E-state index contributed by atoms with van der Waals surface area (Å²) in [6, 6.07) is -0.566. The zero-order valence-corrected chi connectivity index (χ0v) is 12.3. The molecule has 1 aromatic carbocycles. The van der Waals surface area contributed by atoms with Crippen LogP contribution < -0.4 is 16.4 Å². The van der Waals surface area contributed by atoms with Crippen molar-refractivity contribution in [3.63, 3.8) is 0 Å². The van der Waals surface area contributed by atoms with Crippen LogP contribution in [0.3, 0.4) is 0 Å². The van der Waals surface area contributed by atoms with Gasteiger partial charge in [0.25, 0.3) is 11.8 Å². The van der Waals surface area contributed by atoms with Crippen LogP contribution in [0.25, 0.3) is 0 Å². The molecule has 1 aromatic rings. The van der Waals surface area contributed by atoms with E-state index in [9.17, 15) is 29.1 Å². The molecule has 1 rings (SSSR count). The molecule has 24 heavy (non-hydrogen) atoms. The second kappa shape index (κ2) is 8.39. The minimum Gasteiger partial charge on any atom is -0.505 e. The molecule has 0 radical (unpaired) electrons. The Morgan fingerprint density at radius 3 is 2.21 bits per heavy atom. The van der Waals surface area contributed by atoms with Crippen molar-refractivity contribution in [1.82, 2.24) is 10.6 Å². The van der Waals surface area contributed by atoms with Crippen molar-refractivity contribution in [2.45, 2.75) is 12.1 Å². The quantitative estimate of drug-likeness (QED) is 0.153. The van der Waals surface area contributed by atoms with E-state index in [4.69, 9.17) is 10.8 Å². The highest BCUT2D eigenvalue weighted by Gasteiger charge is 2.21. The van der Waals surface area contributed by atoms with Crippen molar-refractivity contribution in [2.75, 3.05) is 12.3 Å². The van der Waals surface area contributed by atoms with Gasteiger partial charge in [0, 0.05) is 5.56 Å². The number of aldehydes is 3. The molecule has 0 saturated heterocycles. The summed E-state index contributed by atoms with van der Waals surface area (Å²) in [5, 5.41) is 22.9. The van der Waals surface area contributed by atoms with E-state index in [1.807, 2.05) is 5.32 Å². The van der Waals surface area contributed by atoms with Gasteiger partial charge in [0.1, 0.15) is 30.9 Å². The molecule has 0 aliphatic carbocycles. The van der Waals surface area contributed by atoms with Gasteiger partial charge in [-0.05, 0) is 12.1 Å². The minimum absolute atomic E-state index is 0.176. The number of carbonyl (C=O) groups is 5. The molecule has 0 bridgehead atoms. The van der Waals surface area contributed by atoms with Gasteiger partial charge in [-0.3, -0.25) is 9.59 Å². The van der Waals surface area contributed by atoms with Crippen molar-refractivity contribution in [1.29, 1.82) is 0 Å². The molecule has 1 unspecified atom stereocenters. The normalized spacial score (nSPS) is 11.4. The van der Waals surface area contributed by atoms with Crippen molar-refractivity contribution >= 4 is 36.4 Å². The molecular weight excluding hydrogens is 322 g/mol. The summed E-state index contributed by atoms with van der Waals surface area (Å²) in [6.07, 6.45) is 0.670. The van der Waals surface area contributed by atoms with E-state index in [0.29, 0.717) is 6.29 Å². The number of benzene rings is 1. The molecule has 128 valence electrons. The monoisotopic (exact) mass is 337 g/mol. The lowest BCUT2D eigenvalue weighted by Gasteiger charge is -2.13. The van der Waals surface area contributed by atoms with Crippen molar-refractivity contribution in [3.05, 3.63) is 23.3 Å². The Hall–Kier alpha value is -3.27. The third-order valence-corrected chi connectivity index (χ3v) is 2.91. The van der Waals surface area contributed by atoms with E-state index >= 15 is 0 Å². The third kappa shape index (κ3) is 4.36. The summed E-state index contributed by atoms with van der Waals surface area (Å²) < 4.78 is 0. The van der Waals surface area contributed by atoms with Crippen LogP contribution in [0.2, 0.25) is 0 Å². The minimum atomic E-state index is -1.43. The van der Waals surface area contributed by atoms with Gasteiger partial charge in [0.15, 0.2) is 5.75 Å². The summed E-state index contributed by atoms with van der Waals surface area (Å²) in [4.78, 5) is 55.7. The lowest BCUT2D eigenvalue weighted by Crippen LogP contribution is -2.39. The predicted octanol–water partition coefficient (Wildman–Crippen LogP) is -2.24. The zero-order valence-electron chi connectivity index (χ0n) is 12.3. The van der Waals surface area contributed by atoms with E-state index in [0.717, 1.165) is 12.1 Å². The van der Waals surface area contributed by atoms with Gasteiger partial charge in [-0.15, -0.1) is 0 Å². The van der Waals surface area contributed by atoms with Crippen LogP contribution in [0.1, 0.15) is 20.7 Å². The number of aliphatic hydroxyl groups is 1. The number of aromatic hydroxyl groups is 1. The molecule has 0 fully saturated rings. The van der Waals surface area contributed by atoms with Crippen LogP contribution in [0.4, 0.5) is 5.69 Å². The predicted molar refractivity (Wildman–Crippen MR) is 80.3 cm³/mol. The lowest BCUT2D eigenvalue weighted by molar-refractivity contribution is -0.116. The van der Waals surface area contributed by atoms with Gasteiger partial charge in [0.2, 0.25) is 0 Å². The van der Waals surface area contributed by atoms with E-state index in [-0.39, 0.29) is 23.8 Å².